The van der Waals surface area contributed by atoms with Crippen LogP contribution < -0.4 is 10.1 Å². The Morgan fingerprint density at radius 2 is 1.94 bits per heavy atom. The monoisotopic (exact) mass is 422 g/mol. The summed E-state index contributed by atoms with van der Waals surface area (Å²) in [4.78, 5) is 15.6. The Labute approximate surface area is 182 Å². The number of aryl methyl sites for hydroxylation is 1. The summed E-state index contributed by atoms with van der Waals surface area (Å²) in [6, 6.07) is 13.7. The Morgan fingerprint density at radius 3 is 2.71 bits per heavy atom. The van der Waals surface area contributed by atoms with E-state index in [1.54, 1.807) is 7.11 Å². The van der Waals surface area contributed by atoms with Crippen molar-refractivity contribution in [2.45, 2.75) is 26.3 Å². The fraction of sp³-hybridized carbons (Fsp3) is 0.417. The number of benzene rings is 2. The number of hydrogen-bond donors (Lipinski definition) is 1. The maximum absolute atomic E-state index is 13.2. The molecule has 2 aromatic carbocycles. The summed E-state index contributed by atoms with van der Waals surface area (Å²) < 4.78 is 12.9. The highest BCUT2D eigenvalue weighted by atomic mass is 16.5. The average molecular weight is 423 g/mol. The van der Waals surface area contributed by atoms with Gasteiger partial charge in [0.05, 0.1) is 26.9 Å². The van der Waals surface area contributed by atoms with Crippen molar-refractivity contribution in [3.8, 4) is 5.75 Å². The summed E-state index contributed by atoms with van der Waals surface area (Å²) in [5.41, 5.74) is 3.24. The van der Waals surface area contributed by atoms with Crippen LogP contribution in [-0.4, -0.2) is 60.5 Å². The van der Waals surface area contributed by atoms with E-state index in [4.69, 9.17) is 14.6 Å². The van der Waals surface area contributed by atoms with E-state index in [0.29, 0.717) is 12.2 Å². The van der Waals surface area contributed by atoms with Crippen molar-refractivity contribution in [2.24, 2.45) is 0 Å². The van der Waals surface area contributed by atoms with Crippen LogP contribution in [0.4, 0.5) is 5.69 Å². The average Bonchev–Trinajstić information content (AvgIpc) is 3.19. The highest BCUT2D eigenvalue weighted by Crippen LogP contribution is 2.29. The SMILES string of the molecule is CCCc1ccccc1NC(=O)c1nn(CCN2CCOCC2)c2c(OC)cccc12. The van der Waals surface area contributed by atoms with Crippen LogP contribution in [0, 0.1) is 0 Å². The minimum Gasteiger partial charge on any atom is -0.494 e. The van der Waals surface area contributed by atoms with E-state index in [2.05, 4.69) is 23.2 Å². The lowest BCUT2D eigenvalue weighted by atomic mass is 10.1. The zero-order chi connectivity index (χ0) is 21.6. The van der Waals surface area contributed by atoms with E-state index in [1.807, 2.05) is 41.1 Å². The van der Waals surface area contributed by atoms with Crippen LogP contribution >= 0.6 is 0 Å². The third-order valence-electron chi connectivity index (χ3n) is 5.68. The van der Waals surface area contributed by atoms with Crippen molar-refractivity contribution in [3.63, 3.8) is 0 Å². The number of aromatic nitrogens is 2. The fourth-order valence-electron chi connectivity index (χ4n) is 4.07. The van der Waals surface area contributed by atoms with Crippen molar-refractivity contribution in [1.29, 1.82) is 0 Å². The number of methoxy groups -OCH3 is 1. The molecular weight excluding hydrogens is 392 g/mol. The molecule has 0 aliphatic carbocycles. The first kappa shape index (κ1) is 21.3. The molecule has 0 saturated carbocycles. The van der Waals surface area contributed by atoms with Crippen LogP contribution in [0.2, 0.25) is 0 Å². The standard InChI is InChI=1S/C24H30N4O3/c1-3-7-18-8-4-5-10-20(18)25-24(29)22-19-9-6-11-21(30-2)23(19)28(26-22)13-12-27-14-16-31-17-15-27/h4-6,8-11H,3,7,12-17H2,1-2H3,(H,25,29). The second-order valence-corrected chi connectivity index (χ2v) is 7.74. The second-order valence-electron chi connectivity index (χ2n) is 7.74. The van der Waals surface area contributed by atoms with Gasteiger partial charge in [-0.15, -0.1) is 0 Å². The lowest BCUT2D eigenvalue weighted by Gasteiger charge is -2.26. The molecule has 7 heteroatoms. The van der Waals surface area contributed by atoms with E-state index in [-0.39, 0.29) is 5.91 Å². The van der Waals surface area contributed by atoms with Crippen molar-refractivity contribution < 1.29 is 14.3 Å². The third-order valence-corrected chi connectivity index (χ3v) is 5.68. The molecule has 1 aliphatic heterocycles. The summed E-state index contributed by atoms with van der Waals surface area (Å²) >= 11 is 0. The lowest BCUT2D eigenvalue weighted by molar-refractivity contribution is 0.0361. The van der Waals surface area contributed by atoms with Gasteiger partial charge in [-0.05, 0) is 24.1 Å². The van der Waals surface area contributed by atoms with Crippen molar-refractivity contribution in [2.75, 3.05) is 45.3 Å². The molecule has 0 bridgehead atoms. The smallest absolute Gasteiger partial charge is 0.276 e. The molecule has 4 rings (SSSR count). The largest absolute Gasteiger partial charge is 0.494 e. The molecule has 0 radical (unpaired) electrons. The Kier molecular flexibility index (Phi) is 6.84. The molecule has 1 fully saturated rings. The molecule has 1 N–H and O–H groups in total. The summed E-state index contributed by atoms with van der Waals surface area (Å²) in [6.07, 6.45) is 1.93. The van der Waals surface area contributed by atoms with E-state index >= 15 is 0 Å². The van der Waals surface area contributed by atoms with Crippen LogP contribution in [0.25, 0.3) is 10.9 Å². The lowest BCUT2D eigenvalue weighted by Crippen LogP contribution is -2.38. The summed E-state index contributed by atoms with van der Waals surface area (Å²) in [5.74, 6) is 0.518. The molecule has 1 aromatic heterocycles. The van der Waals surface area contributed by atoms with E-state index in [0.717, 1.165) is 73.6 Å². The van der Waals surface area contributed by atoms with Gasteiger partial charge in [-0.3, -0.25) is 14.4 Å². The Bertz CT molecular complexity index is 1040. The van der Waals surface area contributed by atoms with Crippen LogP contribution in [0.15, 0.2) is 42.5 Å². The van der Waals surface area contributed by atoms with Gasteiger partial charge in [0.1, 0.15) is 11.3 Å². The number of fused-ring (bicyclic) bond motifs is 1. The van der Waals surface area contributed by atoms with Gasteiger partial charge in [0.25, 0.3) is 5.91 Å². The number of ether oxygens (including phenoxy) is 2. The highest BCUT2D eigenvalue weighted by Gasteiger charge is 2.21. The van der Waals surface area contributed by atoms with Gasteiger partial charge in [0, 0.05) is 30.7 Å². The first-order chi connectivity index (χ1) is 15.2. The Hall–Kier alpha value is -2.90. The fourth-order valence-corrected chi connectivity index (χ4v) is 4.07. The van der Waals surface area contributed by atoms with Crippen molar-refractivity contribution in [1.82, 2.24) is 14.7 Å². The zero-order valence-electron chi connectivity index (χ0n) is 18.3. The van der Waals surface area contributed by atoms with Gasteiger partial charge in [-0.25, -0.2) is 0 Å². The number of carbonyl (C=O) groups excluding carboxylic acids is 1. The number of para-hydroxylation sites is 2. The number of amides is 1. The zero-order valence-corrected chi connectivity index (χ0v) is 18.3. The number of morpholine rings is 1. The maximum Gasteiger partial charge on any atom is 0.276 e. The normalized spacial score (nSPS) is 14.6. The third kappa shape index (κ3) is 4.73. The number of hydrogen-bond acceptors (Lipinski definition) is 5. The molecule has 1 saturated heterocycles. The topological polar surface area (TPSA) is 68.6 Å². The summed E-state index contributed by atoms with van der Waals surface area (Å²) in [5, 5.41) is 8.60. The van der Waals surface area contributed by atoms with Gasteiger partial charge < -0.3 is 14.8 Å². The van der Waals surface area contributed by atoms with E-state index < -0.39 is 0 Å². The predicted octanol–water partition coefficient (Wildman–Crippen LogP) is 3.58. The number of nitrogens with zero attached hydrogens (tertiary/aromatic N) is 3. The van der Waals surface area contributed by atoms with Crippen molar-refractivity contribution >= 4 is 22.5 Å². The Morgan fingerprint density at radius 1 is 1.13 bits per heavy atom. The molecule has 0 atom stereocenters. The minimum atomic E-state index is -0.202. The summed E-state index contributed by atoms with van der Waals surface area (Å²) in [6.45, 7) is 7.00. The molecule has 0 unspecified atom stereocenters. The van der Waals surface area contributed by atoms with Gasteiger partial charge in [-0.2, -0.15) is 5.10 Å². The van der Waals surface area contributed by atoms with E-state index in [9.17, 15) is 4.79 Å². The van der Waals surface area contributed by atoms with Gasteiger partial charge in [0.2, 0.25) is 0 Å². The number of nitrogens with one attached hydrogen (secondary N) is 1. The van der Waals surface area contributed by atoms with Gasteiger partial charge >= 0.3 is 0 Å². The quantitative estimate of drug-likeness (QED) is 0.601. The second kappa shape index (κ2) is 9.94. The first-order valence-electron chi connectivity index (χ1n) is 10.9. The van der Waals surface area contributed by atoms with Gasteiger partial charge in [0.15, 0.2) is 5.69 Å². The molecule has 164 valence electrons. The number of anilines is 1. The molecular formula is C24H30N4O3. The molecule has 1 amide bonds. The number of carbonyl (C=O) groups is 1. The van der Waals surface area contributed by atoms with E-state index in [1.165, 1.54) is 0 Å². The predicted molar refractivity (Wildman–Crippen MR) is 122 cm³/mol. The molecule has 7 nitrogen and oxygen atoms in total. The minimum absolute atomic E-state index is 0.202. The Balaban J connectivity index is 1.63. The molecule has 1 aliphatic rings. The van der Waals surface area contributed by atoms with Crippen molar-refractivity contribution in [3.05, 3.63) is 53.7 Å². The maximum atomic E-state index is 13.2. The van der Waals surface area contributed by atoms with Crippen LogP contribution in [-0.2, 0) is 17.7 Å². The summed E-state index contributed by atoms with van der Waals surface area (Å²) in [7, 11) is 1.65. The van der Waals surface area contributed by atoms with Crippen LogP contribution in [0.3, 0.4) is 0 Å². The molecule has 0 spiro atoms. The number of rotatable bonds is 8. The molecule has 31 heavy (non-hydrogen) atoms. The van der Waals surface area contributed by atoms with Gasteiger partial charge in [-0.1, -0.05) is 43.7 Å². The first-order valence-corrected chi connectivity index (χ1v) is 10.9. The molecule has 3 aromatic rings. The molecule has 2 heterocycles. The van der Waals surface area contributed by atoms with Crippen LogP contribution in [0.5, 0.6) is 5.75 Å². The highest BCUT2D eigenvalue weighted by molar-refractivity contribution is 6.12. The van der Waals surface area contributed by atoms with Crippen LogP contribution in [0.1, 0.15) is 29.4 Å².